The summed E-state index contributed by atoms with van der Waals surface area (Å²) < 4.78 is 39.6. The van der Waals surface area contributed by atoms with Crippen LogP contribution >= 0.6 is 0 Å². The van der Waals surface area contributed by atoms with E-state index in [0.717, 1.165) is 6.07 Å². The first-order chi connectivity index (χ1) is 8.82. The van der Waals surface area contributed by atoms with Gasteiger partial charge in [0.2, 0.25) is 5.95 Å². The molecule has 0 saturated carbocycles. The van der Waals surface area contributed by atoms with Gasteiger partial charge in [0.25, 0.3) is 0 Å². The van der Waals surface area contributed by atoms with Gasteiger partial charge in [-0.3, -0.25) is 9.99 Å². The van der Waals surface area contributed by atoms with Crippen LogP contribution in [0.3, 0.4) is 0 Å². The molecule has 3 N–H and O–H groups in total. The van der Waals surface area contributed by atoms with Crippen LogP contribution in [0.25, 0.3) is 5.82 Å². The second kappa shape index (κ2) is 4.50. The molecule has 0 bridgehead atoms. The third-order valence-corrected chi connectivity index (χ3v) is 2.63. The number of hydrogen-bond donors (Lipinski definition) is 2. The van der Waals surface area contributed by atoms with Gasteiger partial charge in [0, 0.05) is 11.8 Å². The molecule has 0 aromatic carbocycles. The van der Waals surface area contributed by atoms with Crippen molar-refractivity contribution in [1.29, 1.82) is 0 Å². The third kappa shape index (κ3) is 2.50. The van der Waals surface area contributed by atoms with E-state index in [-0.39, 0.29) is 11.8 Å². The Kier molecular flexibility index (Phi) is 3.14. The number of hydrazine groups is 1. The fourth-order valence-corrected chi connectivity index (χ4v) is 1.50. The molecule has 19 heavy (non-hydrogen) atoms. The van der Waals surface area contributed by atoms with Crippen LogP contribution in [0.1, 0.15) is 17.1 Å². The minimum absolute atomic E-state index is 0.0494. The summed E-state index contributed by atoms with van der Waals surface area (Å²) >= 11 is 0. The van der Waals surface area contributed by atoms with Crippen molar-refractivity contribution in [3.8, 4) is 5.82 Å². The first-order valence-electron chi connectivity index (χ1n) is 5.26. The van der Waals surface area contributed by atoms with E-state index in [9.17, 15) is 13.2 Å². The van der Waals surface area contributed by atoms with Crippen LogP contribution in [0.15, 0.2) is 12.4 Å². The lowest BCUT2D eigenvalue weighted by Crippen LogP contribution is -2.17. The van der Waals surface area contributed by atoms with Crippen LogP contribution in [-0.4, -0.2) is 19.5 Å². The Morgan fingerprint density at radius 3 is 2.42 bits per heavy atom. The van der Waals surface area contributed by atoms with Crippen molar-refractivity contribution in [2.75, 3.05) is 5.43 Å². The summed E-state index contributed by atoms with van der Waals surface area (Å²) in [6.07, 6.45) is -3.18. The Balaban J connectivity index is 2.61. The van der Waals surface area contributed by atoms with Crippen molar-refractivity contribution in [2.45, 2.75) is 20.0 Å². The molecule has 0 aliphatic heterocycles. The third-order valence-electron chi connectivity index (χ3n) is 2.63. The number of nitrogens with two attached hydrogens (primary N) is 1. The molecule has 2 aromatic rings. The Bertz CT molecular complexity index is 604. The Labute approximate surface area is 106 Å². The maximum Gasteiger partial charge on any atom is 0.433 e. The minimum atomic E-state index is -4.58. The lowest BCUT2D eigenvalue weighted by Gasteiger charge is -2.11. The van der Waals surface area contributed by atoms with Crippen molar-refractivity contribution in [3.05, 3.63) is 29.5 Å². The van der Waals surface area contributed by atoms with Gasteiger partial charge in [0.1, 0.15) is 12.1 Å². The van der Waals surface area contributed by atoms with E-state index >= 15 is 0 Å². The summed E-state index contributed by atoms with van der Waals surface area (Å²) in [6, 6.07) is 0.842. The first kappa shape index (κ1) is 13.3. The van der Waals surface area contributed by atoms with Gasteiger partial charge >= 0.3 is 6.18 Å². The van der Waals surface area contributed by atoms with Crippen LogP contribution < -0.4 is 11.3 Å². The largest absolute Gasteiger partial charge is 0.433 e. The molecule has 2 rings (SSSR count). The number of nitrogens with one attached hydrogen (secondary N) is 1. The maximum atomic E-state index is 12.7. The van der Waals surface area contributed by atoms with E-state index in [1.54, 1.807) is 13.8 Å². The summed E-state index contributed by atoms with van der Waals surface area (Å²) in [6.45, 7) is 3.48. The maximum absolute atomic E-state index is 12.7. The molecule has 0 atom stereocenters. The molecule has 2 aromatic heterocycles. The van der Waals surface area contributed by atoms with Crippen LogP contribution in [0.5, 0.6) is 0 Å². The number of alkyl halides is 3. The molecule has 0 unspecified atom stereocenters. The molecule has 6 nitrogen and oxygen atoms in total. The molecule has 0 fully saturated rings. The molecule has 9 heteroatoms. The lowest BCUT2D eigenvalue weighted by molar-refractivity contribution is -0.141. The molecule has 2 heterocycles. The summed E-state index contributed by atoms with van der Waals surface area (Å²) in [5, 5.41) is 0. The molecule has 0 aliphatic carbocycles. The highest BCUT2D eigenvalue weighted by Crippen LogP contribution is 2.29. The predicted octanol–water partition coefficient (Wildman–Crippen LogP) is 1.58. The zero-order valence-electron chi connectivity index (χ0n) is 10.2. The smallest absolute Gasteiger partial charge is 0.292 e. The van der Waals surface area contributed by atoms with Gasteiger partial charge in [-0.2, -0.15) is 18.2 Å². The van der Waals surface area contributed by atoms with Crippen molar-refractivity contribution in [3.63, 3.8) is 0 Å². The number of nitrogen functional groups attached to an aromatic ring is 1. The molecule has 0 radical (unpaired) electrons. The van der Waals surface area contributed by atoms with E-state index in [1.807, 2.05) is 5.43 Å². The zero-order chi connectivity index (χ0) is 14.2. The van der Waals surface area contributed by atoms with E-state index in [1.165, 1.54) is 10.9 Å². The normalized spacial score (nSPS) is 11.7. The van der Waals surface area contributed by atoms with Crippen molar-refractivity contribution in [2.24, 2.45) is 5.84 Å². The van der Waals surface area contributed by atoms with Crippen LogP contribution in [-0.2, 0) is 6.18 Å². The number of aryl methyl sites for hydroxylation is 1. The molecule has 0 spiro atoms. The SMILES string of the molecule is Cc1ncn(-c2cc(C(F)(F)F)nc(NN)n2)c1C. The van der Waals surface area contributed by atoms with Gasteiger partial charge in [-0.15, -0.1) is 0 Å². The highest BCUT2D eigenvalue weighted by Gasteiger charge is 2.34. The molecule has 0 amide bonds. The number of hydrogen-bond acceptors (Lipinski definition) is 5. The number of imidazole rings is 1. The average Bonchev–Trinajstić information content (AvgIpc) is 2.68. The highest BCUT2D eigenvalue weighted by molar-refractivity contribution is 5.37. The van der Waals surface area contributed by atoms with Crippen molar-refractivity contribution in [1.82, 2.24) is 19.5 Å². The van der Waals surface area contributed by atoms with Crippen LogP contribution in [0.4, 0.5) is 19.1 Å². The van der Waals surface area contributed by atoms with Gasteiger partial charge in [0.05, 0.1) is 5.69 Å². The second-order valence-electron chi connectivity index (χ2n) is 3.86. The van der Waals surface area contributed by atoms with Gasteiger partial charge < -0.3 is 0 Å². The Hall–Kier alpha value is -2.16. The van der Waals surface area contributed by atoms with E-state index < -0.39 is 11.9 Å². The Morgan fingerprint density at radius 2 is 1.95 bits per heavy atom. The molecule has 0 saturated heterocycles. The van der Waals surface area contributed by atoms with E-state index in [2.05, 4.69) is 15.0 Å². The molecular weight excluding hydrogens is 261 g/mol. The van der Waals surface area contributed by atoms with Gasteiger partial charge in [-0.1, -0.05) is 0 Å². The highest BCUT2D eigenvalue weighted by atomic mass is 19.4. The van der Waals surface area contributed by atoms with Crippen molar-refractivity contribution >= 4 is 5.95 Å². The quantitative estimate of drug-likeness (QED) is 0.640. The average molecular weight is 272 g/mol. The Morgan fingerprint density at radius 1 is 1.26 bits per heavy atom. The first-order valence-corrected chi connectivity index (χ1v) is 5.26. The summed E-state index contributed by atoms with van der Waals surface area (Å²) in [5.41, 5.74) is 2.34. The monoisotopic (exact) mass is 272 g/mol. The van der Waals surface area contributed by atoms with Crippen molar-refractivity contribution < 1.29 is 13.2 Å². The number of nitrogens with zero attached hydrogens (tertiary/aromatic N) is 4. The minimum Gasteiger partial charge on any atom is -0.292 e. The molecule has 102 valence electrons. The number of aromatic nitrogens is 4. The predicted molar refractivity (Wildman–Crippen MR) is 61.4 cm³/mol. The van der Waals surface area contributed by atoms with E-state index in [0.29, 0.717) is 11.4 Å². The fraction of sp³-hybridized carbons (Fsp3) is 0.300. The fourth-order valence-electron chi connectivity index (χ4n) is 1.50. The van der Waals surface area contributed by atoms with Gasteiger partial charge in [0.15, 0.2) is 5.69 Å². The number of anilines is 1. The number of rotatable bonds is 2. The van der Waals surface area contributed by atoms with Gasteiger partial charge in [-0.05, 0) is 13.8 Å². The summed E-state index contributed by atoms with van der Waals surface area (Å²) in [4.78, 5) is 11.2. The molecule has 0 aliphatic rings. The number of halogens is 3. The summed E-state index contributed by atoms with van der Waals surface area (Å²) in [7, 11) is 0. The summed E-state index contributed by atoms with van der Waals surface area (Å²) in [5.74, 6) is 4.82. The topological polar surface area (TPSA) is 81.7 Å². The molecular formula is C10H11F3N6. The van der Waals surface area contributed by atoms with Crippen LogP contribution in [0, 0.1) is 13.8 Å². The zero-order valence-corrected chi connectivity index (χ0v) is 10.2. The van der Waals surface area contributed by atoms with Crippen LogP contribution in [0.2, 0.25) is 0 Å². The lowest BCUT2D eigenvalue weighted by atomic mass is 10.3. The van der Waals surface area contributed by atoms with Gasteiger partial charge in [-0.25, -0.2) is 15.8 Å². The van der Waals surface area contributed by atoms with E-state index in [4.69, 9.17) is 5.84 Å². The standard InChI is InChI=1S/C10H11F3N6/c1-5-6(2)19(4-15-5)8-3-7(10(11,12)13)16-9(17-8)18-14/h3-4H,14H2,1-2H3,(H,16,17,18). The second-order valence-corrected chi connectivity index (χ2v) is 3.86.